The highest BCUT2D eigenvalue weighted by atomic mass is 35.5. The lowest BCUT2D eigenvalue weighted by atomic mass is 9.86. The van der Waals surface area contributed by atoms with E-state index in [9.17, 15) is 23.4 Å². The molecule has 0 radical (unpaired) electrons. The van der Waals surface area contributed by atoms with Gasteiger partial charge in [0, 0.05) is 21.3 Å². The van der Waals surface area contributed by atoms with Gasteiger partial charge in [0.1, 0.15) is 5.75 Å². The van der Waals surface area contributed by atoms with Crippen LogP contribution in [0, 0.1) is 0 Å². The van der Waals surface area contributed by atoms with Gasteiger partial charge in [-0.3, -0.25) is 0 Å². The van der Waals surface area contributed by atoms with Gasteiger partial charge in [-0.25, -0.2) is 4.68 Å². The van der Waals surface area contributed by atoms with Crippen LogP contribution in [0.5, 0.6) is 5.75 Å². The lowest BCUT2D eigenvalue weighted by molar-refractivity contribution is -0.210. The number of phenolic OH excluding ortho intramolecular Hbond substituents is 1. The Bertz CT molecular complexity index is 1260. The van der Waals surface area contributed by atoms with Crippen molar-refractivity contribution in [3.63, 3.8) is 0 Å². The number of phenols is 1. The number of fused-ring (bicyclic) bond motifs is 1. The molecule has 0 aliphatic carbocycles. The molecule has 3 aromatic carbocycles. The molecule has 2 N–H and O–H groups in total. The highest BCUT2D eigenvalue weighted by Crippen LogP contribution is 2.38. The second kappa shape index (κ2) is 8.65. The Kier molecular flexibility index (Phi) is 6.07. The fraction of sp³-hybridized carbons (Fsp3) is 0.174. The van der Waals surface area contributed by atoms with Crippen molar-refractivity contribution < 1.29 is 23.4 Å². The van der Waals surface area contributed by atoms with E-state index in [1.165, 1.54) is 30.3 Å². The number of aromatic hydroxyl groups is 1. The third kappa shape index (κ3) is 4.55. The van der Waals surface area contributed by atoms with Crippen molar-refractivity contribution >= 4 is 34.1 Å². The van der Waals surface area contributed by atoms with Crippen LogP contribution < -0.4 is 0 Å². The standard InChI is InChI=1S/C23H17Cl2F3N2O2/c24-15-2-7-18(20(25)11-15)19(22(32)23(26,27)28)10-13-1-8-21-14(9-13)12-29-30(21)16-3-5-17(31)6-4-16/h1-9,11-12,19,22,31-32H,10H2. The van der Waals surface area contributed by atoms with E-state index in [4.69, 9.17) is 23.2 Å². The van der Waals surface area contributed by atoms with Crippen LogP contribution in [0.1, 0.15) is 17.0 Å². The molecular weight excluding hydrogens is 464 g/mol. The first-order valence-corrected chi connectivity index (χ1v) is 10.3. The maximum absolute atomic E-state index is 13.4. The quantitative estimate of drug-likeness (QED) is 0.353. The Morgan fingerprint density at radius 1 is 0.969 bits per heavy atom. The molecule has 0 saturated heterocycles. The van der Waals surface area contributed by atoms with Crippen molar-refractivity contribution in [3.05, 3.63) is 88.0 Å². The monoisotopic (exact) mass is 480 g/mol. The van der Waals surface area contributed by atoms with Crippen molar-refractivity contribution in [2.45, 2.75) is 24.6 Å². The molecule has 0 saturated carbocycles. The molecule has 32 heavy (non-hydrogen) atoms. The highest BCUT2D eigenvalue weighted by Gasteiger charge is 2.44. The number of aliphatic hydroxyl groups excluding tert-OH is 1. The van der Waals surface area contributed by atoms with E-state index >= 15 is 0 Å². The number of alkyl halides is 3. The molecule has 166 valence electrons. The van der Waals surface area contributed by atoms with Gasteiger partial charge in [-0.15, -0.1) is 0 Å². The average molecular weight is 481 g/mol. The van der Waals surface area contributed by atoms with Gasteiger partial charge in [0.2, 0.25) is 0 Å². The van der Waals surface area contributed by atoms with E-state index in [1.54, 1.807) is 41.2 Å². The van der Waals surface area contributed by atoms with E-state index in [1.807, 2.05) is 0 Å². The minimum absolute atomic E-state index is 0.0621. The van der Waals surface area contributed by atoms with Crippen molar-refractivity contribution in [2.75, 3.05) is 0 Å². The smallest absolute Gasteiger partial charge is 0.414 e. The first-order chi connectivity index (χ1) is 15.1. The minimum atomic E-state index is -4.82. The molecule has 1 aromatic heterocycles. The summed E-state index contributed by atoms with van der Waals surface area (Å²) >= 11 is 12.1. The third-order valence-electron chi connectivity index (χ3n) is 5.26. The summed E-state index contributed by atoms with van der Waals surface area (Å²) in [4.78, 5) is 0. The number of hydrogen-bond acceptors (Lipinski definition) is 3. The topological polar surface area (TPSA) is 58.3 Å². The zero-order valence-corrected chi connectivity index (χ0v) is 17.9. The van der Waals surface area contributed by atoms with Crippen LogP contribution in [0.25, 0.3) is 16.6 Å². The molecule has 0 fully saturated rings. The van der Waals surface area contributed by atoms with E-state index in [0.29, 0.717) is 10.6 Å². The van der Waals surface area contributed by atoms with Crippen molar-refractivity contribution in [3.8, 4) is 11.4 Å². The van der Waals surface area contributed by atoms with E-state index in [0.717, 1.165) is 16.6 Å². The van der Waals surface area contributed by atoms with Crippen LogP contribution in [-0.2, 0) is 6.42 Å². The molecule has 9 heteroatoms. The first kappa shape index (κ1) is 22.5. The van der Waals surface area contributed by atoms with Gasteiger partial charge in [0.05, 0.1) is 17.4 Å². The van der Waals surface area contributed by atoms with Gasteiger partial charge in [0.15, 0.2) is 6.10 Å². The summed E-state index contributed by atoms with van der Waals surface area (Å²) < 4.78 is 41.9. The van der Waals surface area contributed by atoms with Gasteiger partial charge in [0.25, 0.3) is 0 Å². The zero-order chi connectivity index (χ0) is 23.0. The van der Waals surface area contributed by atoms with Crippen molar-refractivity contribution in [2.24, 2.45) is 0 Å². The number of rotatable bonds is 5. The van der Waals surface area contributed by atoms with Crippen LogP contribution in [0.2, 0.25) is 10.0 Å². The molecule has 4 aromatic rings. The van der Waals surface area contributed by atoms with E-state index in [-0.39, 0.29) is 22.8 Å². The fourth-order valence-electron chi connectivity index (χ4n) is 3.68. The molecule has 1 heterocycles. The molecular formula is C23H17Cl2F3N2O2. The minimum Gasteiger partial charge on any atom is -0.508 e. The molecule has 2 unspecified atom stereocenters. The maximum Gasteiger partial charge on any atom is 0.414 e. The SMILES string of the molecule is Oc1ccc(-n2ncc3cc(CC(c4ccc(Cl)cc4Cl)C(O)C(F)(F)F)ccc32)cc1. The molecule has 2 atom stereocenters. The molecule has 0 bridgehead atoms. The molecule has 0 aliphatic rings. The Balaban J connectivity index is 1.70. The summed E-state index contributed by atoms with van der Waals surface area (Å²) in [5, 5.41) is 25.0. The highest BCUT2D eigenvalue weighted by molar-refractivity contribution is 6.35. The van der Waals surface area contributed by atoms with Crippen LogP contribution in [-0.4, -0.2) is 32.3 Å². The molecule has 4 nitrogen and oxygen atoms in total. The Morgan fingerprint density at radius 3 is 2.34 bits per heavy atom. The molecule has 0 aliphatic heterocycles. The summed E-state index contributed by atoms with van der Waals surface area (Å²) in [5.41, 5.74) is 2.23. The lowest BCUT2D eigenvalue weighted by Crippen LogP contribution is -2.35. The average Bonchev–Trinajstić information content (AvgIpc) is 3.15. The van der Waals surface area contributed by atoms with Gasteiger partial charge in [-0.05, 0) is 66.1 Å². The van der Waals surface area contributed by atoms with Crippen molar-refractivity contribution in [1.82, 2.24) is 9.78 Å². The Hall–Kier alpha value is -2.74. The van der Waals surface area contributed by atoms with E-state index in [2.05, 4.69) is 5.10 Å². The second-order valence-electron chi connectivity index (χ2n) is 7.43. The number of aromatic nitrogens is 2. The summed E-state index contributed by atoms with van der Waals surface area (Å²) in [6, 6.07) is 15.9. The Morgan fingerprint density at radius 2 is 1.69 bits per heavy atom. The van der Waals surface area contributed by atoms with Crippen LogP contribution in [0.4, 0.5) is 13.2 Å². The summed E-state index contributed by atoms with van der Waals surface area (Å²) in [6.07, 6.45) is -5.91. The van der Waals surface area contributed by atoms with Crippen molar-refractivity contribution in [1.29, 1.82) is 0 Å². The van der Waals surface area contributed by atoms with Gasteiger partial charge < -0.3 is 10.2 Å². The summed E-state index contributed by atoms with van der Waals surface area (Å²) in [5.74, 6) is -1.19. The van der Waals surface area contributed by atoms with E-state index < -0.39 is 18.2 Å². The molecule has 0 amide bonds. The summed E-state index contributed by atoms with van der Waals surface area (Å²) in [6.45, 7) is 0. The summed E-state index contributed by atoms with van der Waals surface area (Å²) in [7, 11) is 0. The van der Waals surface area contributed by atoms with Gasteiger partial charge in [-0.2, -0.15) is 18.3 Å². The number of nitrogens with zero attached hydrogens (tertiary/aromatic N) is 2. The predicted molar refractivity (Wildman–Crippen MR) is 118 cm³/mol. The zero-order valence-electron chi connectivity index (χ0n) is 16.4. The fourth-order valence-corrected chi connectivity index (χ4v) is 4.23. The van der Waals surface area contributed by atoms with Crippen LogP contribution >= 0.6 is 23.2 Å². The van der Waals surface area contributed by atoms with Gasteiger partial charge in [-0.1, -0.05) is 35.3 Å². The van der Waals surface area contributed by atoms with Crippen LogP contribution in [0.15, 0.2) is 66.9 Å². The second-order valence-corrected chi connectivity index (χ2v) is 8.27. The molecule has 0 spiro atoms. The normalized spacial score (nSPS) is 13.9. The largest absolute Gasteiger partial charge is 0.508 e. The number of halogens is 5. The maximum atomic E-state index is 13.4. The number of hydrogen-bond donors (Lipinski definition) is 2. The van der Waals surface area contributed by atoms with Gasteiger partial charge >= 0.3 is 6.18 Å². The molecule has 4 rings (SSSR count). The number of aliphatic hydroxyl groups is 1. The Labute approximate surface area is 191 Å². The first-order valence-electron chi connectivity index (χ1n) is 9.59. The number of benzene rings is 3. The predicted octanol–water partition coefficient (Wildman–Crippen LogP) is 6.29. The lowest BCUT2D eigenvalue weighted by Gasteiger charge is -2.26. The van der Waals surface area contributed by atoms with Crippen LogP contribution in [0.3, 0.4) is 0 Å². The third-order valence-corrected chi connectivity index (χ3v) is 5.82.